The summed E-state index contributed by atoms with van der Waals surface area (Å²) < 4.78 is 68.6. The molecular weight excluding hydrogens is 1280 g/mol. The summed E-state index contributed by atoms with van der Waals surface area (Å²) in [5.74, 6) is -0.664. The Morgan fingerprint density at radius 1 is 0.276 bits per heavy atom. The standard InChI is InChI=1S/C79H154O17P2/c1-7-9-11-13-15-17-19-21-22-23-24-25-26-27-28-29-31-35-40-44-52-58-64-78(83)95-74(67-89-76(81)61-55-49-42-38-36-32-33-37-41-47-53-59-71(3)4)69-93-97(85,86)91-65-73(80)66-92-98(87,88)94-70-75(68-90-77(82)62-56-50-46-45-48-54-60-72(5)6)96-79(84)63-57-51-43-39-34-30-20-18-16-14-12-10-8-2/h71-75,80H,7-70H2,1-6H3,(H,85,86)(H,87,88)/t73-,74-,75-/m1/s1. The van der Waals surface area contributed by atoms with Gasteiger partial charge in [0.1, 0.15) is 19.3 Å². The van der Waals surface area contributed by atoms with Crippen molar-refractivity contribution in [2.45, 2.75) is 432 Å². The molecule has 0 aliphatic heterocycles. The predicted molar refractivity (Wildman–Crippen MR) is 400 cm³/mol. The van der Waals surface area contributed by atoms with Crippen molar-refractivity contribution in [3.8, 4) is 0 Å². The highest BCUT2D eigenvalue weighted by atomic mass is 31.2. The van der Waals surface area contributed by atoms with E-state index in [2.05, 4.69) is 41.5 Å². The van der Waals surface area contributed by atoms with E-state index in [9.17, 15) is 43.2 Å². The van der Waals surface area contributed by atoms with Crippen molar-refractivity contribution in [2.75, 3.05) is 39.6 Å². The van der Waals surface area contributed by atoms with Crippen molar-refractivity contribution in [2.24, 2.45) is 11.8 Å². The molecule has 0 heterocycles. The number of carbonyl (C=O) groups is 4. The second kappa shape index (κ2) is 70.7. The highest BCUT2D eigenvalue weighted by molar-refractivity contribution is 7.47. The van der Waals surface area contributed by atoms with E-state index in [0.717, 1.165) is 102 Å². The summed E-state index contributed by atoms with van der Waals surface area (Å²) in [7, 11) is -9.91. The Kier molecular flexibility index (Phi) is 69.3. The summed E-state index contributed by atoms with van der Waals surface area (Å²) in [5, 5.41) is 10.6. The lowest BCUT2D eigenvalue weighted by molar-refractivity contribution is -0.161. The van der Waals surface area contributed by atoms with Crippen LogP contribution in [0.5, 0.6) is 0 Å². The molecule has 0 radical (unpaired) electrons. The van der Waals surface area contributed by atoms with Crippen LogP contribution in [0.2, 0.25) is 0 Å². The van der Waals surface area contributed by atoms with Crippen molar-refractivity contribution in [1.82, 2.24) is 0 Å². The summed E-state index contributed by atoms with van der Waals surface area (Å²) in [4.78, 5) is 72.9. The van der Waals surface area contributed by atoms with Crippen LogP contribution >= 0.6 is 15.6 Å². The van der Waals surface area contributed by atoms with Gasteiger partial charge in [0.2, 0.25) is 0 Å². The Balaban J connectivity index is 5.19. The fourth-order valence-electron chi connectivity index (χ4n) is 12.2. The molecule has 0 spiro atoms. The van der Waals surface area contributed by atoms with E-state index in [4.69, 9.17) is 37.0 Å². The molecule has 0 aliphatic carbocycles. The summed E-state index contributed by atoms with van der Waals surface area (Å²) >= 11 is 0. The Morgan fingerprint density at radius 2 is 0.469 bits per heavy atom. The molecule has 0 saturated heterocycles. The molecule has 2 unspecified atom stereocenters. The number of aliphatic hydroxyl groups excluding tert-OH is 1. The normalized spacial score (nSPS) is 13.9. The van der Waals surface area contributed by atoms with Gasteiger partial charge in [-0.25, -0.2) is 9.13 Å². The molecule has 17 nitrogen and oxygen atoms in total. The van der Waals surface area contributed by atoms with E-state index in [-0.39, 0.29) is 25.7 Å². The molecule has 0 rings (SSSR count). The summed E-state index contributed by atoms with van der Waals surface area (Å²) in [6.07, 6.45) is 59.9. The molecule has 19 heteroatoms. The lowest BCUT2D eigenvalue weighted by atomic mass is 10.0. The Bertz CT molecular complexity index is 1890. The van der Waals surface area contributed by atoms with Gasteiger partial charge in [-0.1, -0.05) is 363 Å². The molecule has 0 aliphatic rings. The van der Waals surface area contributed by atoms with E-state index in [0.29, 0.717) is 31.6 Å². The molecule has 0 bridgehead atoms. The van der Waals surface area contributed by atoms with Crippen LogP contribution in [-0.4, -0.2) is 96.7 Å². The van der Waals surface area contributed by atoms with Gasteiger partial charge < -0.3 is 33.8 Å². The molecule has 0 aromatic carbocycles. The third-order valence-electron chi connectivity index (χ3n) is 18.5. The lowest BCUT2D eigenvalue weighted by Gasteiger charge is -2.21. The molecule has 0 amide bonds. The molecule has 3 N–H and O–H groups in total. The first-order valence-electron chi connectivity index (χ1n) is 41.0. The summed E-state index contributed by atoms with van der Waals surface area (Å²) in [6, 6.07) is 0. The number of hydrogen-bond donors (Lipinski definition) is 3. The number of unbranched alkanes of at least 4 members (excludes halogenated alkanes) is 48. The number of phosphoric ester groups is 2. The minimum Gasteiger partial charge on any atom is -0.462 e. The largest absolute Gasteiger partial charge is 0.472 e. The van der Waals surface area contributed by atoms with Crippen LogP contribution in [0.25, 0.3) is 0 Å². The van der Waals surface area contributed by atoms with Crippen LogP contribution in [0.3, 0.4) is 0 Å². The number of aliphatic hydroxyl groups is 1. The quantitative estimate of drug-likeness (QED) is 0.0222. The zero-order valence-electron chi connectivity index (χ0n) is 64.1. The van der Waals surface area contributed by atoms with Crippen LogP contribution in [0.4, 0.5) is 0 Å². The lowest BCUT2D eigenvalue weighted by Crippen LogP contribution is -2.30. The fourth-order valence-corrected chi connectivity index (χ4v) is 13.8. The number of carbonyl (C=O) groups excluding carboxylic acids is 4. The van der Waals surface area contributed by atoms with Gasteiger partial charge in [-0.2, -0.15) is 0 Å². The van der Waals surface area contributed by atoms with E-state index in [1.807, 2.05) is 0 Å². The zero-order chi connectivity index (χ0) is 72.1. The highest BCUT2D eigenvalue weighted by Crippen LogP contribution is 2.45. The number of esters is 4. The van der Waals surface area contributed by atoms with Gasteiger partial charge in [0, 0.05) is 25.7 Å². The summed E-state index contributed by atoms with van der Waals surface area (Å²) in [6.45, 7) is 9.53. The molecule has 582 valence electrons. The van der Waals surface area contributed by atoms with Crippen LogP contribution in [0.15, 0.2) is 0 Å². The van der Waals surface area contributed by atoms with Gasteiger partial charge in [-0.15, -0.1) is 0 Å². The van der Waals surface area contributed by atoms with E-state index in [1.165, 1.54) is 225 Å². The van der Waals surface area contributed by atoms with Gasteiger partial charge in [0.25, 0.3) is 0 Å². The van der Waals surface area contributed by atoms with Crippen molar-refractivity contribution in [1.29, 1.82) is 0 Å². The average molecular weight is 1440 g/mol. The van der Waals surface area contributed by atoms with Gasteiger partial charge in [0.05, 0.1) is 26.4 Å². The first kappa shape index (κ1) is 96.1. The average Bonchev–Trinajstić information content (AvgIpc) is 1.14. The molecular formula is C79H154O17P2. The van der Waals surface area contributed by atoms with Crippen LogP contribution in [0, 0.1) is 11.8 Å². The third kappa shape index (κ3) is 72.4. The molecule has 0 saturated carbocycles. The molecule has 98 heavy (non-hydrogen) atoms. The Labute approximate surface area is 600 Å². The zero-order valence-corrected chi connectivity index (χ0v) is 65.9. The highest BCUT2D eigenvalue weighted by Gasteiger charge is 2.30. The van der Waals surface area contributed by atoms with Gasteiger partial charge >= 0.3 is 39.5 Å². The SMILES string of the molecule is CCCCCCCCCCCCCCCCCCCCCCCCC(=O)O[C@H](COC(=O)CCCCCCCCCCCCCC(C)C)COP(=O)(O)OC[C@@H](O)COP(=O)(O)OC[C@@H](COC(=O)CCCCCCCCC(C)C)OC(=O)CCCCCCCCCCCCCCC. The Hall–Kier alpha value is -1.94. The number of hydrogen-bond acceptors (Lipinski definition) is 15. The second-order valence-electron chi connectivity index (χ2n) is 29.4. The molecule has 0 fully saturated rings. The molecule has 0 aromatic heterocycles. The van der Waals surface area contributed by atoms with E-state index < -0.39 is 97.5 Å². The fraction of sp³-hybridized carbons (Fsp3) is 0.949. The molecule has 0 aromatic rings. The minimum absolute atomic E-state index is 0.107. The van der Waals surface area contributed by atoms with Crippen molar-refractivity contribution in [3.63, 3.8) is 0 Å². The van der Waals surface area contributed by atoms with Crippen LogP contribution in [-0.2, 0) is 65.4 Å². The maximum Gasteiger partial charge on any atom is 0.472 e. The third-order valence-corrected chi connectivity index (χ3v) is 20.4. The maximum absolute atomic E-state index is 13.1. The number of ether oxygens (including phenoxy) is 4. The van der Waals surface area contributed by atoms with Crippen molar-refractivity contribution >= 4 is 39.5 Å². The van der Waals surface area contributed by atoms with Gasteiger partial charge in [0.15, 0.2) is 12.2 Å². The second-order valence-corrected chi connectivity index (χ2v) is 32.3. The first-order valence-corrected chi connectivity index (χ1v) is 44.0. The van der Waals surface area contributed by atoms with Gasteiger partial charge in [-0.05, 0) is 37.5 Å². The summed E-state index contributed by atoms with van der Waals surface area (Å²) in [5.41, 5.74) is 0. The maximum atomic E-state index is 13.1. The van der Waals surface area contributed by atoms with Crippen LogP contribution in [0.1, 0.15) is 414 Å². The smallest absolute Gasteiger partial charge is 0.462 e. The number of rotatable bonds is 78. The van der Waals surface area contributed by atoms with E-state index >= 15 is 0 Å². The predicted octanol–water partition coefficient (Wildman–Crippen LogP) is 23.5. The topological polar surface area (TPSA) is 237 Å². The van der Waals surface area contributed by atoms with E-state index in [1.54, 1.807) is 0 Å². The minimum atomic E-state index is -4.96. The Morgan fingerprint density at radius 3 is 0.694 bits per heavy atom. The first-order chi connectivity index (χ1) is 47.4. The monoisotopic (exact) mass is 1440 g/mol. The van der Waals surface area contributed by atoms with Gasteiger partial charge in [-0.3, -0.25) is 37.3 Å². The molecule has 5 atom stereocenters. The van der Waals surface area contributed by atoms with Crippen LogP contribution < -0.4 is 0 Å². The van der Waals surface area contributed by atoms with Crippen molar-refractivity contribution < 1.29 is 80.2 Å². The number of phosphoric acid groups is 2. The van der Waals surface area contributed by atoms with Crippen molar-refractivity contribution in [3.05, 3.63) is 0 Å².